The number of hydrogen-bond acceptors (Lipinski definition) is 4. The second-order valence-corrected chi connectivity index (χ2v) is 3.39. The van der Waals surface area contributed by atoms with Crippen LogP contribution < -0.4 is 0 Å². The lowest BCUT2D eigenvalue weighted by Gasteiger charge is -2.19. The minimum absolute atomic E-state index is 0.00699. The van der Waals surface area contributed by atoms with Crippen LogP contribution in [-0.4, -0.2) is 50.2 Å². The average Bonchev–Trinajstić information content (AvgIpc) is 2.74. The highest BCUT2D eigenvalue weighted by Gasteiger charge is 2.25. The molecule has 7 nitrogen and oxygen atoms in total. The first-order chi connectivity index (χ1) is 7.47. The van der Waals surface area contributed by atoms with Crippen molar-refractivity contribution in [2.75, 3.05) is 7.05 Å². The molecule has 88 valence electrons. The molecule has 1 rings (SSSR count). The SMILES string of the molecule is CCc1nc(C(=O)N(C)C(C)C(=O)O)n[nH]1. The minimum atomic E-state index is -1.07. The van der Waals surface area contributed by atoms with Gasteiger partial charge in [0.1, 0.15) is 11.9 Å². The number of aryl methyl sites for hydroxylation is 1. The summed E-state index contributed by atoms with van der Waals surface area (Å²) in [6.07, 6.45) is 0.637. The summed E-state index contributed by atoms with van der Waals surface area (Å²) in [6, 6.07) is -0.906. The number of carbonyl (C=O) groups excluding carboxylic acids is 1. The summed E-state index contributed by atoms with van der Waals surface area (Å²) < 4.78 is 0. The van der Waals surface area contributed by atoms with Gasteiger partial charge in [-0.05, 0) is 6.92 Å². The number of carboxylic acid groups (broad SMARTS) is 1. The summed E-state index contributed by atoms with van der Waals surface area (Å²) in [5, 5.41) is 15.1. The van der Waals surface area contributed by atoms with Gasteiger partial charge in [-0.1, -0.05) is 6.92 Å². The summed E-state index contributed by atoms with van der Waals surface area (Å²) in [4.78, 5) is 27.5. The third-order valence-electron chi connectivity index (χ3n) is 2.32. The number of nitrogens with zero attached hydrogens (tertiary/aromatic N) is 3. The predicted octanol–water partition coefficient (Wildman–Crippen LogP) is -0.0878. The Morgan fingerprint density at radius 3 is 2.62 bits per heavy atom. The molecule has 7 heteroatoms. The molecule has 16 heavy (non-hydrogen) atoms. The van der Waals surface area contributed by atoms with E-state index in [0.29, 0.717) is 12.2 Å². The number of aromatic amines is 1. The molecule has 0 aromatic carbocycles. The smallest absolute Gasteiger partial charge is 0.326 e. The molecular formula is C9H14N4O3. The molecule has 0 aliphatic rings. The molecule has 0 spiro atoms. The van der Waals surface area contributed by atoms with E-state index in [9.17, 15) is 9.59 Å². The molecule has 1 atom stereocenters. The summed E-state index contributed by atoms with van der Waals surface area (Å²) in [6.45, 7) is 3.30. The Hall–Kier alpha value is -1.92. The average molecular weight is 226 g/mol. The van der Waals surface area contributed by atoms with E-state index >= 15 is 0 Å². The predicted molar refractivity (Wildman–Crippen MR) is 55.0 cm³/mol. The quantitative estimate of drug-likeness (QED) is 0.747. The maximum atomic E-state index is 11.7. The van der Waals surface area contributed by atoms with Crippen molar-refractivity contribution in [1.82, 2.24) is 20.1 Å². The first-order valence-corrected chi connectivity index (χ1v) is 4.88. The molecule has 0 saturated carbocycles. The first-order valence-electron chi connectivity index (χ1n) is 4.88. The van der Waals surface area contributed by atoms with Gasteiger partial charge in [0.25, 0.3) is 5.91 Å². The van der Waals surface area contributed by atoms with Crippen molar-refractivity contribution in [2.45, 2.75) is 26.3 Å². The number of likely N-dealkylation sites (N-methyl/N-ethyl adjacent to an activating group) is 1. The van der Waals surface area contributed by atoms with Crippen LogP contribution in [0.1, 0.15) is 30.3 Å². The molecule has 0 fully saturated rings. The third kappa shape index (κ3) is 2.36. The number of aromatic nitrogens is 3. The fraction of sp³-hybridized carbons (Fsp3) is 0.556. The summed E-state index contributed by atoms with van der Waals surface area (Å²) in [5.41, 5.74) is 0. The Balaban J connectivity index is 2.81. The molecule has 1 aromatic rings. The van der Waals surface area contributed by atoms with E-state index in [1.807, 2.05) is 6.92 Å². The maximum absolute atomic E-state index is 11.7. The molecule has 1 amide bonds. The zero-order valence-corrected chi connectivity index (χ0v) is 9.39. The highest BCUT2D eigenvalue weighted by atomic mass is 16.4. The Labute approximate surface area is 92.5 Å². The monoisotopic (exact) mass is 226 g/mol. The van der Waals surface area contributed by atoms with Gasteiger partial charge < -0.3 is 10.0 Å². The van der Waals surface area contributed by atoms with Crippen LogP contribution in [0.5, 0.6) is 0 Å². The van der Waals surface area contributed by atoms with E-state index in [1.54, 1.807) is 0 Å². The van der Waals surface area contributed by atoms with Gasteiger partial charge in [-0.3, -0.25) is 9.89 Å². The van der Waals surface area contributed by atoms with Gasteiger partial charge in [0.15, 0.2) is 0 Å². The Morgan fingerprint density at radius 1 is 1.56 bits per heavy atom. The van der Waals surface area contributed by atoms with Crippen molar-refractivity contribution in [1.29, 1.82) is 0 Å². The molecule has 1 unspecified atom stereocenters. The number of carboxylic acids is 1. The summed E-state index contributed by atoms with van der Waals surface area (Å²) in [7, 11) is 1.41. The molecule has 2 N–H and O–H groups in total. The number of amides is 1. The fourth-order valence-corrected chi connectivity index (χ4v) is 1.05. The zero-order chi connectivity index (χ0) is 12.3. The number of H-pyrrole nitrogens is 1. The van der Waals surface area contributed by atoms with Crippen LogP contribution in [0.4, 0.5) is 0 Å². The van der Waals surface area contributed by atoms with E-state index in [2.05, 4.69) is 15.2 Å². The minimum Gasteiger partial charge on any atom is -0.480 e. The van der Waals surface area contributed by atoms with Gasteiger partial charge in [0, 0.05) is 13.5 Å². The lowest BCUT2D eigenvalue weighted by atomic mass is 10.3. The number of hydrogen-bond donors (Lipinski definition) is 2. The van der Waals surface area contributed by atoms with Gasteiger partial charge in [-0.2, -0.15) is 0 Å². The van der Waals surface area contributed by atoms with Crippen molar-refractivity contribution in [3.63, 3.8) is 0 Å². The second kappa shape index (κ2) is 4.73. The Morgan fingerprint density at radius 2 is 2.19 bits per heavy atom. The normalized spacial score (nSPS) is 12.2. The molecule has 0 radical (unpaired) electrons. The lowest BCUT2D eigenvalue weighted by Crippen LogP contribution is -2.40. The fourth-order valence-electron chi connectivity index (χ4n) is 1.05. The second-order valence-electron chi connectivity index (χ2n) is 3.39. The standard InChI is InChI=1S/C9H14N4O3/c1-4-6-10-7(12-11-6)8(14)13(3)5(2)9(15)16/h5H,4H2,1-3H3,(H,15,16)(H,10,11,12). The largest absolute Gasteiger partial charge is 0.480 e. The molecule has 0 aliphatic heterocycles. The van der Waals surface area contributed by atoms with E-state index in [1.165, 1.54) is 14.0 Å². The van der Waals surface area contributed by atoms with Gasteiger partial charge >= 0.3 is 5.97 Å². The Bertz CT molecular complexity index is 401. The Kier molecular flexibility index (Phi) is 3.60. The van der Waals surface area contributed by atoms with Crippen LogP contribution in [0, 0.1) is 0 Å². The molecular weight excluding hydrogens is 212 g/mol. The van der Waals surface area contributed by atoms with Crippen molar-refractivity contribution < 1.29 is 14.7 Å². The van der Waals surface area contributed by atoms with Crippen molar-refractivity contribution in [2.24, 2.45) is 0 Å². The molecule has 1 heterocycles. The highest BCUT2D eigenvalue weighted by Crippen LogP contribution is 2.03. The molecule has 0 aliphatic carbocycles. The van der Waals surface area contributed by atoms with Crippen LogP contribution >= 0.6 is 0 Å². The van der Waals surface area contributed by atoms with Gasteiger partial charge in [-0.15, -0.1) is 5.10 Å². The number of aliphatic carboxylic acids is 1. The molecule has 0 saturated heterocycles. The van der Waals surface area contributed by atoms with Crippen molar-refractivity contribution >= 4 is 11.9 Å². The van der Waals surface area contributed by atoms with Crippen molar-refractivity contribution in [3.8, 4) is 0 Å². The van der Waals surface area contributed by atoms with E-state index in [4.69, 9.17) is 5.11 Å². The zero-order valence-electron chi connectivity index (χ0n) is 9.39. The van der Waals surface area contributed by atoms with E-state index < -0.39 is 17.9 Å². The summed E-state index contributed by atoms with van der Waals surface area (Å²) >= 11 is 0. The van der Waals surface area contributed by atoms with E-state index in [-0.39, 0.29) is 5.82 Å². The van der Waals surface area contributed by atoms with Crippen LogP contribution in [0.2, 0.25) is 0 Å². The van der Waals surface area contributed by atoms with Crippen LogP contribution in [0.3, 0.4) is 0 Å². The number of rotatable bonds is 4. The van der Waals surface area contributed by atoms with Crippen LogP contribution in [-0.2, 0) is 11.2 Å². The summed E-state index contributed by atoms with van der Waals surface area (Å²) in [5.74, 6) is -0.986. The first kappa shape index (κ1) is 12.2. The maximum Gasteiger partial charge on any atom is 0.326 e. The topological polar surface area (TPSA) is 99.2 Å². The molecule has 1 aromatic heterocycles. The van der Waals surface area contributed by atoms with Crippen LogP contribution in [0.25, 0.3) is 0 Å². The number of carbonyl (C=O) groups is 2. The van der Waals surface area contributed by atoms with Crippen molar-refractivity contribution in [3.05, 3.63) is 11.6 Å². The van der Waals surface area contributed by atoms with Gasteiger partial charge in [-0.25, -0.2) is 9.78 Å². The highest BCUT2D eigenvalue weighted by molar-refractivity contribution is 5.93. The third-order valence-corrected chi connectivity index (χ3v) is 2.32. The van der Waals surface area contributed by atoms with Crippen LogP contribution in [0.15, 0.2) is 0 Å². The lowest BCUT2D eigenvalue weighted by molar-refractivity contribution is -0.141. The van der Waals surface area contributed by atoms with Gasteiger partial charge in [0.05, 0.1) is 0 Å². The molecule has 0 bridgehead atoms. The van der Waals surface area contributed by atoms with Gasteiger partial charge in [0.2, 0.25) is 5.82 Å². The van der Waals surface area contributed by atoms with E-state index in [0.717, 1.165) is 4.90 Å². The number of nitrogens with one attached hydrogen (secondary N) is 1.